The van der Waals surface area contributed by atoms with Crippen LogP contribution in [-0.2, 0) is 16.1 Å². The molecule has 0 amide bonds. The average Bonchev–Trinajstić information content (AvgIpc) is 2.89. The maximum absolute atomic E-state index is 11.9. The van der Waals surface area contributed by atoms with Crippen molar-refractivity contribution in [1.82, 2.24) is 9.78 Å². The minimum atomic E-state index is -1.13. The van der Waals surface area contributed by atoms with Crippen LogP contribution in [0.1, 0.15) is 6.42 Å². The van der Waals surface area contributed by atoms with E-state index in [4.69, 9.17) is 9.84 Å². The minimum absolute atomic E-state index is 0.0760. The molecule has 0 bridgehead atoms. The van der Waals surface area contributed by atoms with Gasteiger partial charge in [0.2, 0.25) is 0 Å². The van der Waals surface area contributed by atoms with Gasteiger partial charge in [0.25, 0.3) is 5.56 Å². The molecule has 1 unspecified atom stereocenters. The lowest BCUT2D eigenvalue weighted by Gasteiger charge is -2.18. The van der Waals surface area contributed by atoms with Gasteiger partial charge in [-0.05, 0) is 6.42 Å². The van der Waals surface area contributed by atoms with E-state index < -0.39 is 5.97 Å². The van der Waals surface area contributed by atoms with Gasteiger partial charge in [-0.1, -0.05) is 6.58 Å². The summed E-state index contributed by atoms with van der Waals surface area (Å²) < 4.78 is 6.36. The molecule has 1 aliphatic heterocycles. The van der Waals surface area contributed by atoms with Crippen LogP contribution in [0.4, 0.5) is 5.69 Å². The average molecular weight is 279 g/mol. The summed E-state index contributed by atoms with van der Waals surface area (Å²) in [6.45, 7) is 4.81. The molecule has 1 aromatic heterocycles. The fraction of sp³-hybridized carbons (Fsp3) is 0.462. The lowest BCUT2D eigenvalue weighted by Crippen LogP contribution is -2.28. The number of aromatic nitrogens is 2. The van der Waals surface area contributed by atoms with Crippen molar-refractivity contribution in [1.29, 1.82) is 0 Å². The van der Waals surface area contributed by atoms with Gasteiger partial charge in [0.15, 0.2) is 0 Å². The number of rotatable bonds is 5. The third kappa shape index (κ3) is 3.05. The van der Waals surface area contributed by atoms with Crippen molar-refractivity contribution in [3.63, 3.8) is 0 Å². The second-order valence-electron chi connectivity index (χ2n) is 4.71. The minimum Gasteiger partial charge on any atom is -0.478 e. The molecule has 0 aliphatic carbocycles. The summed E-state index contributed by atoms with van der Waals surface area (Å²) in [6, 6.07) is 1.46. The fourth-order valence-corrected chi connectivity index (χ4v) is 2.12. The normalized spacial score (nSPS) is 18.2. The van der Waals surface area contributed by atoms with Crippen LogP contribution >= 0.6 is 0 Å². The van der Waals surface area contributed by atoms with Gasteiger partial charge in [0.1, 0.15) is 0 Å². The molecule has 1 saturated heterocycles. The van der Waals surface area contributed by atoms with Gasteiger partial charge in [0.05, 0.1) is 30.1 Å². The number of methoxy groups -OCH3 is 1. The van der Waals surface area contributed by atoms with Crippen LogP contribution in [-0.4, -0.2) is 47.2 Å². The quantitative estimate of drug-likeness (QED) is 0.770. The summed E-state index contributed by atoms with van der Waals surface area (Å²) in [4.78, 5) is 24.6. The van der Waals surface area contributed by atoms with E-state index in [0.717, 1.165) is 29.9 Å². The molecule has 1 aliphatic rings. The smallest absolute Gasteiger partial charge is 0.332 e. The standard InChI is InChI=1S/C13H17N3O4/c1-9(13(18)19)7-16-12(17)5-10(6-14-16)15-4-3-11(8-15)20-2/h5-6,11H,1,3-4,7-8H2,2H3,(H,18,19). The van der Waals surface area contributed by atoms with E-state index in [0.29, 0.717) is 0 Å². The predicted octanol–water partition coefficient (Wildman–Crippen LogP) is 0.109. The van der Waals surface area contributed by atoms with E-state index >= 15 is 0 Å². The molecule has 1 atom stereocenters. The summed E-state index contributed by atoms with van der Waals surface area (Å²) in [5, 5.41) is 12.7. The molecule has 1 aromatic rings. The van der Waals surface area contributed by atoms with Crippen LogP contribution in [0.15, 0.2) is 29.2 Å². The second kappa shape index (κ2) is 5.87. The lowest BCUT2D eigenvalue weighted by atomic mass is 10.3. The largest absolute Gasteiger partial charge is 0.478 e. The first-order chi connectivity index (χ1) is 9.51. The molecule has 7 heteroatoms. The molecule has 2 rings (SSSR count). The lowest BCUT2D eigenvalue weighted by molar-refractivity contribution is -0.132. The number of carboxylic acids is 1. The Hall–Kier alpha value is -2.15. The molecule has 108 valence electrons. The molecular formula is C13H17N3O4. The zero-order valence-corrected chi connectivity index (χ0v) is 11.3. The Balaban J connectivity index is 2.12. The number of aliphatic carboxylic acids is 1. The van der Waals surface area contributed by atoms with Gasteiger partial charge in [-0.15, -0.1) is 0 Å². The van der Waals surface area contributed by atoms with Gasteiger partial charge >= 0.3 is 5.97 Å². The van der Waals surface area contributed by atoms with Crippen LogP contribution in [0.2, 0.25) is 0 Å². The molecule has 2 heterocycles. The first-order valence-corrected chi connectivity index (χ1v) is 6.27. The molecular weight excluding hydrogens is 262 g/mol. The van der Waals surface area contributed by atoms with Crippen LogP contribution < -0.4 is 10.5 Å². The highest BCUT2D eigenvalue weighted by molar-refractivity contribution is 5.85. The number of anilines is 1. The Morgan fingerprint density at radius 1 is 1.65 bits per heavy atom. The van der Waals surface area contributed by atoms with Crippen LogP contribution in [0, 0.1) is 0 Å². The van der Waals surface area contributed by atoms with E-state index in [-0.39, 0.29) is 23.8 Å². The summed E-state index contributed by atoms with van der Waals surface area (Å²) in [7, 11) is 1.67. The maximum atomic E-state index is 11.9. The number of ether oxygens (including phenoxy) is 1. The molecule has 1 fully saturated rings. The Morgan fingerprint density at radius 2 is 2.40 bits per heavy atom. The second-order valence-corrected chi connectivity index (χ2v) is 4.71. The first-order valence-electron chi connectivity index (χ1n) is 6.27. The molecule has 0 aromatic carbocycles. The van der Waals surface area contributed by atoms with Crippen LogP contribution in [0.25, 0.3) is 0 Å². The Kier molecular flexibility index (Phi) is 4.19. The van der Waals surface area contributed by atoms with Crippen LogP contribution in [0.5, 0.6) is 0 Å². The maximum Gasteiger partial charge on any atom is 0.332 e. The Bertz CT molecular complexity index is 581. The summed E-state index contributed by atoms with van der Waals surface area (Å²) in [6.07, 6.45) is 2.65. The van der Waals surface area contributed by atoms with Crippen LogP contribution in [0.3, 0.4) is 0 Å². The van der Waals surface area contributed by atoms with Crippen molar-refractivity contribution < 1.29 is 14.6 Å². The zero-order chi connectivity index (χ0) is 14.7. The molecule has 0 radical (unpaired) electrons. The van der Waals surface area contributed by atoms with Crippen molar-refractivity contribution in [2.24, 2.45) is 0 Å². The van der Waals surface area contributed by atoms with Gasteiger partial charge in [-0.3, -0.25) is 4.79 Å². The highest BCUT2D eigenvalue weighted by Crippen LogP contribution is 2.19. The van der Waals surface area contributed by atoms with E-state index in [1.165, 1.54) is 6.07 Å². The van der Waals surface area contributed by atoms with Gasteiger partial charge in [-0.25, -0.2) is 9.48 Å². The first kappa shape index (κ1) is 14.3. The van der Waals surface area contributed by atoms with Gasteiger partial charge in [0, 0.05) is 26.3 Å². The molecule has 0 spiro atoms. The Morgan fingerprint density at radius 3 is 2.95 bits per heavy atom. The molecule has 20 heavy (non-hydrogen) atoms. The number of carbonyl (C=O) groups is 1. The van der Waals surface area contributed by atoms with E-state index in [1.807, 2.05) is 4.90 Å². The molecule has 7 nitrogen and oxygen atoms in total. The van der Waals surface area contributed by atoms with E-state index in [2.05, 4.69) is 11.7 Å². The zero-order valence-electron chi connectivity index (χ0n) is 11.3. The van der Waals surface area contributed by atoms with Crippen molar-refractivity contribution in [2.45, 2.75) is 19.1 Å². The third-order valence-electron chi connectivity index (χ3n) is 3.34. The summed E-state index contributed by atoms with van der Waals surface area (Å²) in [5.74, 6) is -1.13. The van der Waals surface area contributed by atoms with E-state index in [1.54, 1.807) is 13.3 Å². The molecule has 1 N–H and O–H groups in total. The number of nitrogens with zero attached hydrogens (tertiary/aromatic N) is 3. The van der Waals surface area contributed by atoms with Gasteiger partial charge in [-0.2, -0.15) is 5.10 Å². The SMILES string of the molecule is C=C(Cn1ncc(N2CCC(OC)C2)cc1=O)C(=O)O. The molecule has 0 saturated carbocycles. The third-order valence-corrected chi connectivity index (χ3v) is 3.34. The highest BCUT2D eigenvalue weighted by atomic mass is 16.5. The summed E-state index contributed by atoms with van der Waals surface area (Å²) in [5.41, 5.74) is 0.311. The summed E-state index contributed by atoms with van der Waals surface area (Å²) >= 11 is 0. The number of carboxylic acid groups (broad SMARTS) is 1. The predicted molar refractivity (Wildman–Crippen MR) is 72.9 cm³/mol. The van der Waals surface area contributed by atoms with Crippen molar-refractivity contribution in [3.8, 4) is 0 Å². The van der Waals surface area contributed by atoms with Crippen molar-refractivity contribution >= 4 is 11.7 Å². The number of hydrogen-bond donors (Lipinski definition) is 1. The topological polar surface area (TPSA) is 84.7 Å². The number of hydrogen-bond acceptors (Lipinski definition) is 5. The van der Waals surface area contributed by atoms with Gasteiger partial charge < -0.3 is 14.7 Å². The Labute approximate surface area is 116 Å². The highest BCUT2D eigenvalue weighted by Gasteiger charge is 2.23. The monoisotopic (exact) mass is 279 g/mol. The fourth-order valence-electron chi connectivity index (χ4n) is 2.12. The van der Waals surface area contributed by atoms with E-state index in [9.17, 15) is 9.59 Å². The van der Waals surface area contributed by atoms with Crippen molar-refractivity contribution in [3.05, 3.63) is 34.8 Å². The van der Waals surface area contributed by atoms with Crippen molar-refractivity contribution in [2.75, 3.05) is 25.1 Å².